The lowest BCUT2D eigenvalue weighted by molar-refractivity contribution is -0.137. The largest absolute Gasteiger partial charge is 0.493 e. The fourth-order valence-corrected chi connectivity index (χ4v) is 3.58. The number of nitrogens with one attached hydrogen (secondary N) is 1. The Balaban J connectivity index is 1.58. The Labute approximate surface area is 190 Å². The van der Waals surface area contributed by atoms with Gasteiger partial charge in [0.25, 0.3) is 5.91 Å². The maximum atomic E-state index is 13.0. The number of carbonyl (C=O) groups is 1. The van der Waals surface area contributed by atoms with E-state index in [0.717, 1.165) is 22.2 Å². The average Bonchev–Trinajstić information content (AvgIpc) is 3.07. The molecular weight excluding hydrogens is 487 g/mol. The van der Waals surface area contributed by atoms with Crippen LogP contribution < -0.4 is 14.8 Å². The highest BCUT2D eigenvalue weighted by molar-refractivity contribution is 9.10. The Bertz CT molecular complexity index is 1200. The van der Waals surface area contributed by atoms with Gasteiger partial charge in [-0.2, -0.15) is 13.2 Å². The molecule has 0 spiro atoms. The lowest BCUT2D eigenvalue weighted by Crippen LogP contribution is -2.06. The number of ether oxygens (including phenoxy) is 2. The van der Waals surface area contributed by atoms with Crippen LogP contribution in [-0.2, 0) is 17.6 Å². The van der Waals surface area contributed by atoms with Crippen molar-refractivity contribution in [3.63, 3.8) is 0 Å². The van der Waals surface area contributed by atoms with Gasteiger partial charge in [0.1, 0.15) is 6.61 Å². The highest BCUT2D eigenvalue weighted by atomic mass is 79.9. The molecule has 164 valence electrons. The minimum absolute atomic E-state index is 0.137. The van der Waals surface area contributed by atoms with Crippen molar-refractivity contribution in [2.75, 3.05) is 12.4 Å². The summed E-state index contributed by atoms with van der Waals surface area (Å²) in [6.45, 7) is 0.349. The van der Waals surface area contributed by atoms with Crippen molar-refractivity contribution in [2.45, 2.75) is 12.8 Å². The first-order valence-electron chi connectivity index (χ1n) is 9.54. The summed E-state index contributed by atoms with van der Waals surface area (Å²) in [6, 6.07) is 16.1. The van der Waals surface area contributed by atoms with Crippen LogP contribution in [0.2, 0.25) is 0 Å². The summed E-state index contributed by atoms with van der Waals surface area (Å²) in [6.07, 6.45) is -2.87. The van der Waals surface area contributed by atoms with Crippen molar-refractivity contribution >= 4 is 39.2 Å². The van der Waals surface area contributed by atoms with Gasteiger partial charge in [-0.05, 0) is 53.6 Å². The van der Waals surface area contributed by atoms with E-state index < -0.39 is 17.6 Å². The summed E-state index contributed by atoms with van der Waals surface area (Å²) in [5.74, 6) is 0.542. The monoisotopic (exact) mass is 503 g/mol. The van der Waals surface area contributed by atoms with Crippen LogP contribution in [0.4, 0.5) is 18.9 Å². The van der Waals surface area contributed by atoms with Gasteiger partial charge in [0.05, 0.1) is 12.7 Å². The van der Waals surface area contributed by atoms with Gasteiger partial charge < -0.3 is 14.8 Å². The average molecular weight is 504 g/mol. The smallest absolute Gasteiger partial charge is 0.416 e. The molecule has 0 radical (unpaired) electrons. The normalized spacial score (nSPS) is 14.3. The Morgan fingerprint density at radius 3 is 2.44 bits per heavy atom. The molecule has 1 heterocycles. The van der Waals surface area contributed by atoms with Gasteiger partial charge in [-0.1, -0.05) is 40.2 Å². The Kier molecular flexibility index (Phi) is 5.97. The fourth-order valence-electron chi connectivity index (χ4n) is 3.32. The number of halogens is 4. The summed E-state index contributed by atoms with van der Waals surface area (Å²) in [4.78, 5) is 12.4. The van der Waals surface area contributed by atoms with Crippen LogP contribution in [0, 0.1) is 0 Å². The molecule has 0 aliphatic carbocycles. The molecule has 1 amide bonds. The third-order valence-corrected chi connectivity index (χ3v) is 5.46. The summed E-state index contributed by atoms with van der Waals surface area (Å²) < 4.78 is 51.1. The predicted octanol–water partition coefficient (Wildman–Crippen LogP) is 6.55. The third kappa shape index (κ3) is 4.65. The van der Waals surface area contributed by atoms with E-state index in [1.165, 1.54) is 13.2 Å². The zero-order valence-electron chi connectivity index (χ0n) is 16.8. The highest BCUT2D eigenvalue weighted by Crippen LogP contribution is 2.39. The Morgan fingerprint density at radius 1 is 1.00 bits per heavy atom. The van der Waals surface area contributed by atoms with E-state index in [1.54, 1.807) is 24.3 Å². The van der Waals surface area contributed by atoms with Gasteiger partial charge in [0.2, 0.25) is 0 Å². The second-order valence-electron chi connectivity index (χ2n) is 7.10. The van der Waals surface area contributed by atoms with E-state index in [-0.39, 0.29) is 11.3 Å². The molecule has 1 aliphatic rings. The first kappa shape index (κ1) is 22.0. The SMILES string of the molecule is COc1cc(/C=C2/C(=O)Nc3cc(C(F)(F)F)ccc32)ccc1OCc1ccc(Br)cc1. The fraction of sp³-hybridized carbons (Fsp3) is 0.125. The van der Waals surface area contributed by atoms with E-state index in [2.05, 4.69) is 21.2 Å². The van der Waals surface area contributed by atoms with E-state index in [0.29, 0.717) is 29.2 Å². The van der Waals surface area contributed by atoms with Crippen LogP contribution in [0.1, 0.15) is 22.3 Å². The van der Waals surface area contributed by atoms with Gasteiger partial charge >= 0.3 is 6.18 Å². The van der Waals surface area contributed by atoms with Gasteiger partial charge in [-0.15, -0.1) is 0 Å². The molecule has 1 aliphatic heterocycles. The van der Waals surface area contributed by atoms with E-state index >= 15 is 0 Å². The molecule has 0 saturated carbocycles. The zero-order valence-corrected chi connectivity index (χ0v) is 18.4. The number of hydrogen-bond acceptors (Lipinski definition) is 3. The molecule has 4 rings (SSSR count). The molecule has 4 nitrogen and oxygen atoms in total. The highest BCUT2D eigenvalue weighted by Gasteiger charge is 2.33. The molecule has 0 atom stereocenters. The number of fused-ring (bicyclic) bond motifs is 1. The number of hydrogen-bond donors (Lipinski definition) is 1. The van der Waals surface area contributed by atoms with Gasteiger partial charge in [0.15, 0.2) is 11.5 Å². The first-order chi connectivity index (χ1) is 15.2. The maximum absolute atomic E-state index is 13.0. The van der Waals surface area contributed by atoms with Gasteiger partial charge in [-0.3, -0.25) is 4.79 Å². The third-order valence-electron chi connectivity index (χ3n) is 4.94. The molecule has 0 aromatic heterocycles. The number of methoxy groups -OCH3 is 1. The lowest BCUT2D eigenvalue weighted by atomic mass is 10.0. The van der Waals surface area contributed by atoms with Crippen LogP contribution in [-0.4, -0.2) is 13.0 Å². The zero-order chi connectivity index (χ0) is 22.9. The second-order valence-corrected chi connectivity index (χ2v) is 8.01. The molecular formula is C24H17BrF3NO3. The Hall–Kier alpha value is -3.26. The van der Waals surface area contributed by atoms with Gasteiger partial charge in [-0.25, -0.2) is 0 Å². The lowest BCUT2D eigenvalue weighted by Gasteiger charge is -2.12. The number of rotatable bonds is 5. The van der Waals surface area contributed by atoms with Crippen molar-refractivity contribution < 1.29 is 27.4 Å². The number of anilines is 1. The molecule has 0 fully saturated rings. The number of benzene rings is 3. The maximum Gasteiger partial charge on any atom is 0.416 e. The minimum atomic E-state index is -4.48. The summed E-state index contributed by atoms with van der Waals surface area (Å²) >= 11 is 3.39. The van der Waals surface area contributed by atoms with Crippen molar-refractivity contribution in [2.24, 2.45) is 0 Å². The van der Waals surface area contributed by atoms with E-state index in [1.807, 2.05) is 24.3 Å². The van der Waals surface area contributed by atoms with Gasteiger partial charge in [0, 0.05) is 21.3 Å². The van der Waals surface area contributed by atoms with Crippen molar-refractivity contribution in [3.05, 3.63) is 87.4 Å². The van der Waals surface area contributed by atoms with Crippen LogP contribution >= 0.6 is 15.9 Å². The topological polar surface area (TPSA) is 47.6 Å². The molecule has 0 unspecified atom stereocenters. The summed E-state index contributed by atoms with van der Waals surface area (Å²) in [7, 11) is 1.51. The van der Waals surface area contributed by atoms with Crippen molar-refractivity contribution in [1.82, 2.24) is 0 Å². The van der Waals surface area contributed by atoms with Crippen molar-refractivity contribution in [1.29, 1.82) is 0 Å². The van der Waals surface area contributed by atoms with Crippen LogP contribution in [0.15, 0.2) is 65.1 Å². The standard InChI is InChI=1S/C24H17BrF3NO3/c1-31-22-11-15(4-9-21(22)32-13-14-2-6-17(25)7-3-14)10-19-18-8-5-16(24(26,27)28)12-20(18)29-23(19)30/h2-12H,13H2,1H3,(H,29,30)/b19-10+. The number of alkyl halides is 3. The van der Waals surface area contributed by atoms with Crippen LogP contribution in [0.25, 0.3) is 11.6 Å². The molecule has 8 heteroatoms. The second kappa shape index (κ2) is 8.70. The number of amides is 1. The predicted molar refractivity (Wildman–Crippen MR) is 119 cm³/mol. The first-order valence-corrected chi connectivity index (χ1v) is 10.3. The summed E-state index contributed by atoms with van der Waals surface area (Å²) in [5.41, 5.74) is 1.65. The molecule has 3 aromatic carbocycles. The molecule has 0 bridgehead atoms. The minimum Gasteiger partial charge on any atom is -0.493 e. The Morgan fingerprint density at radius 2 is 1.75 bits per heavy atom. The number of carbonyl (C=O) groups excluding carboxylic acids is 1. The molecule has 32 heavy (non-hydrogen) atoms. The van der Waals surface area contributed by atoms with Crippen LogP contribution in [0.5, 0.6) is 11.5 Å². The van der Waals surface area contributed by atoms with E-state index in [9.17, 15) is 18.0 Å². The van der Waals surface area contributed by atoms with Crippen LogP contribution in [0.3, 0.4) is 0 Å². The summed E-state index contributed by atoms with van der Waals surface area (Å²) in [5, 5.41) is 2.50. The van der Waals surface area contributed by atoms with Crippen molar-refractivity contribution in [3.8, 4) is 11.5 Å². The quantitative estimate of drug-likeness (QED) is 0.401. The molecule has 3 aromatic rings. The van der Waals surface area contributed by atoms with E-state index in [4.69, 9.17) is 9.47 Å². The molecule has 1 N–H and O–H groups in total. The molecule has 0 saturated heterocycles.